The molecule has 0 unspecified atom stereocenters. The Hall–Kier alpha value is -3.16. The Morgan fingerprint density at radius 2 is 2.11 bits per heavy atom. The molecule has 0 bridgehead atoms. The van der Waals surface area contributed by atoms with Gasteiger partial charge in [-0.25, -0.2) is 4.39 Å². The molecule has 2 aromatic heterocycles. The highest BCUT2D eigenvalue weighted by molar-refractivity contribution is 6.61. The lowest BCUT2D eigenvalue weighted by Crippen LogP contribution is -2.28. The first-order valence-corrected chi connectivity index (χ1v) is 8.95. The Bertz CT molecular complexity index is 1160. The van der Waals surface area contributed by atoms with Gasteiger partial charge in [-0.05, 0) is 59.6 Å². The predicted molar refractivity (Wildman–Crippen MR) is 104 cm³/mol. The second-order valence-corrected chi connectivity index (χ2v) is 6.68. The fourth-order valence-corrected chi connectivity index (χ4v) is 3.48. The first-order valence-electron chi connectivity index (χ1n) is 8.95. The average Bonchev–Trinajstić information content (AvgIpc) is 3.29. The predicted octanol–water partition coefficient (Wildman–Crippen LogP) is 2.96. The highest BCUT2D eigenvalue weighted by Gasteiger charge is 2.29. The third-order valence-electron chi connectivity index (χ3n) is 4.91. The monoisotopic (exact) mass is 374 g/mol. The lowest BCUT2D eigenvalue weighted by Gasteiger charge is -2.10. The molecule has 5 nitrogen and oxygen atoms in total. The summed E-state index contributed by atoms with van der Waals surface area (Å²) in [6.45, 7) is 0.599. The van der Waals surface area contributed by atoms with E-state index in [1.807, 2.05) is 42.5 Å². The standard InChI is InChI=1S/C21H16BFN2O3/c23-19-10-15-12-28-22(26)18(15)11-21(19)25-8-6-14-9-17(4-5-20(14)25)27-13-16-3-1-2-7-24-16/h1-11,26H,12-13H2. The minimum atomic E-state index is -1.01. The molecule has 138 valence electrons. The maximum absolute atomic E-state index is 14.7. The van der Waals surface area contributed by atoms with Crippen molar-refractivity contribution in [3.05, 3.63) is 84.1 Å². The van der Waals surface area contributed by atoms with E-state index in [2.05, 4.69) is 4.98 Å². The van der Waals surface area contributed by atoms with Crippen molar-refractivity contribution >= 4 is 23.5 Å². The summed E-state index contributed by atoms with van der Waals surface area (Å²) < 4.78 is 27.4. The summed E-state index contributed by atoms with van der Waals surface area (Å²) in [6, 6.07) is 16.3. The SMILES string of the molecule is OB1OCc2cc(F)c(-n3ccc4cc(OCc5ccccn5)ccc43)cc21. The van der Waals surface area contributed by atoms with Gasteiger partial charge in [-0.1, -0.05) is 6.07 Å². The Kier molecular flexibility index (Phi) is 4.11. The van der Waals surface area contributed by atoms with E-state index in [-0.39, 0.29) is 12.4 Å². The summed E-state index contributed by atoms with van der Waals surface area (Å²) in [6.07, 6.45) is 3.54. The molecule has 4 aromatic rings. The Balaban J connectivity index is 1.47. The zero-order valence-electron chi connectivity index (χ0n) is 14.9. The molecule has 0 atom stereocenters. The van der Waals surface area contributed by atoms with Crippen LogP contribution in [0.4, 0.5) is 4.39 Å². The average molecular weight is 374 g/mol. The number of benzene rings is 2. The van der Waals surface area contributed by atoms with Crippen molar-refractivity contribution in [3.8, 4) is 11.4 Å². The van der Waals surface area contributed by atoms with Gasteiger partial charge in [0.2, 0.25) is 0 Å². The van der Waals surface area contributed by atoms with Crippen LogP contribution in [-0.2, 0) is 17.9 Å². The van der Waals surface area contributed by atoms with Crippen LogP contribution in [0.3, 0.4) is 0 Å². The number of nitrogens with zero attached hydrogens (tertiary/aromatic N) is 2. The summed E-state index contributed by atoms with van der Waals surface area (Å²) in [4.78, 5) is 4.24. The molecule has 5 rings (SSSR count). The lowest BCUT2D eigenvalue weighted by atomic mass is 9.79. The van der Waals surface area contributed by atoms with Crippen LogP contribution in [0.2, 0.25) is 0 Å². The summed E-state index contributed by atoms with van der Waals surface area (Å²) in [5, 5.41) is 10.8. The minimum absolute atomic E-state index is 0.219. The van der Waals surface area contributed by atoms with E-state index in [0.717, 1.165) is 16.6 Å². The number of pyridine rings is 1. The van der Waals surface area contributed by atoms with E-state index in [1.54, 1.807) is 23.0 Å². The van der Waals surface area contributed by atoms with Gasteiger partial charge in [-0.3, -0.25) is 4.98 Å². The molecule has 0 fully saturated rings. The molecule has 1 aliphatic heterocycles. The third kappa shape index (κ3) is 2.94. The lowest BCUT2D eigenvalue weighted by molar-refractivity contribution is 0.275. The number of aromatic nitrogens is 2. The Labute approximate surface area is 161 Å². The first kappa shape index (κ1) is 17.0. The van der Waals surface area contributed by atoms with Gasteiger partial charge in [0.15, 0.2) is 0 Å². The number of halogens is 1. The van der Waals surface area contributed by atoms with E-state index in [9.17, 15) is 9.41 Å². The molecule has 1 N–H and O–H groups in total. The van der Waals surface area contributed by atoms with Gasteiger partial charge in [0.25, 0.3) is 0 Å². The smallest absolute Gasteiger partial charge is 0.487 e. The zero-order chi connectivity index (χ0) is 19.1. The van der Waals surface area contributed by atoms with E-state index >= 15 is 0 Å². The molecule has 0 amide bonds. The van der Waals surface area contributed by atoms with Crippen molar-refractivity contribution < 1.29 is 18.8 Å². The first-order chi connectivity index (χ1) is 13.7. The van der Waals surface area contributed by atoms with Crippen LogP contribution < -0.4 is 10.2 Å². The van der Waals surface area contributed by atoms with Gasteiger partial charge in [-0.2, -0.15) is 0 Å². The van der Waals surface area contributed by atoms with Crippen LogP contribution in [0, 0.1) is 5.82 Å². The van der Waals surface area contributed by atoms with Crippen molar-refractivity contribution in [3.63, 3.8) is 0 Å². The van der Waals surface area contributed by atoms with Crippen LogP contribution in [0.15, 0.2) is 67.0 Å². The van der Waals surface area contributed by atoms with E-state index < -0.39 is 7.12 Å². The van der Waals surface area contributed by atoms with Gasteiger partial charge in [0.1, 0.15) is 18.2 Å². The van der Waals surface area contributed by atoms with Crippen molar-refractivity contribution in [1.82, 2.24) is 9.55 Å². The van der Waals surface area contributed by atoms with E-state index in [1.165, 1.54) is 6.07 Å². The Morgan fingerprint density at radius 3 is 2.96 bits per heavy atom. The van der Waals surface area contributed by atoms with Gasteiger partial charge < -0.3 is 19.0 Å². The second-order valence-electron chi connectivity index (χ2n) is 6.68. The molecule has 3 heterocycles. The molecule has 0 spiro atoms. The molecular formula is C21H16BFN2O3. The quantitative estimate of drug-likeness (QED) is 0.558. The van der Waals surface area contributed by atoms with Crippen LogP contribution in [0.25, 0.3) is 16.6 Å². The van der Waals surface area contributed by atoms with E-state index in [0.29, 0.717) is 29.1 Å². The third-order valence-corrected chi connectivity index (χ3v) is 4.91. The second kappa shape index (κ2) is 6.78. The molecule has 2 aromatic carbocycles. The number of hydrogen-bond acceptors (Lipinski definition) is 4. The number of ether oxygens (including phenoxy) is 1. The fraction of sp³-hybridized carbons (Fsp3) is 0.0952. The van der Waals surface area contributed by atoms with Crippen LogP contribution in [0.1, 0.15) is 11.3 Å². The fourth-order valence-electron chi connectivity index (χ4n) is 3.48. The Morgan fingerprint density at radius 1 is 1.18 bits per heavy atom. The highest BCUT2D eigenvalue weighted by Crippen LogP contribution is 2.27. The molecule has 7 heteroatoms. The zero-order valence-corrected chi connectivity index (χ0v) is 14.9. The number of fused-ring (bicyclic) bond motifs is 2. The van der Waals surface area contributed by atoms with Gasteiger partial charge in [0, 0.05) is 17.8 Å². The van der Waals surface area contributed by atoms with Crippen molar-refractivity contribution in [2.75, 3.05) is 0 Å². The molecule has 1 aliphatic rings. The molecule has 0 saturated carbocycles. The van der Waals surface area contributed by atoms with Crippen LogP contribution in [0.5, 0.6) is 5.75 Å². The van der Waals surface area contributed by atoms with Gasteiger partial charge in [-0.15, -0.1) is 0 Å². The number of rotatable bonds is 4. The summed E-state index contributed by atoms with van der Waals surface area (Å²) in [5.74, 6) is 0.360. The molecule has 0 aliphatic carbocycles. The normalized spacial score (nSPS) is 13.1. The maximum atomic E-state index is 14.7. The molecule has 0 radical (unpaired) electrons. The minimum Gasteiger partial charge on any atom is -0.487 e. The van der Waals surface area contributed by atoms with Crippen LogP contribution in [-0.4, -0.2) is 21.7 Å². The molecule has 0 saturated heterocycles. The topological polar surface area (TPSA) is 56.5 Å². The molecule has 28 heavy (non-hydrogen) atoms. The van der Waals surface area contributed by atoms with Gasteiger partial charge in [0.05, 0.1) is 23.5 Å². The van der Waals surface area contributed by atoms with E-state index in [4.69, 9.17) is 9.39 Å². The summed E-state index contributed by atoms with van der Waals surface area (Å²) in [5.41, 5.74) is 3.35. The summed E-state index contributed by atoms with van der Waals surface area (Å²) in [7, 11) is -1.01. The molecular weight excluding hydrogens is 358 g/mol. The largest absolute Gasteiger partial charge is 0.491 e. The highest BCUT2D eigenvalue weighted by atomic mass is 19.1. The van der Waals surface area contributed by atoms with Crippen molar-refractivity contribution in [2.45, 2.75) is 13.2 Å². The summed E-state index contributed by atoms with van der Waals surface area (Å²) >= 11 is 0. The van der Waals surface area contributed by atoms with Crippen molar-refractivity contribution in [2.24, 2.45) is 0 Å². The van der Waals surface area contributed by atoms with Crippen molar-refractivity contribution in [1.29, 1.82) is 0 Å². The van der Waals surface area contributed by atoms with Crippen LogP contribution >= 0.6 is 0 Å². The maximum Gasteiger partial charge on any atom is 0.491 e. The number of hydrogen-bond donors (Lipinski definition) is 1. The van der Waals surface area contributed by atoms with Gasteiger partial charge >= 0.3 is 7.12 Å².